The van der Waals surface area contributed by atoms with E-state index in [-0.39, 0.29) is 18.5 Å². The van der Waals surface area contributed by atoms with Gasteiger partial charge >= 0.3 is 5.97 Å². The molecule has 0 fully saturated rings. The number of hydrogen-bond acceptors (Lipinski definition) is 4. The molecule has 4 nitrogen and oxygen atoms in total. The summed E-state index contributed by atoms with van der Waals surface area (Å²) < 4.78 is 11.4. The Balaban J connectivity index is 2.15. The van der Waals surface area contributed by atoms with Crippen molar-refractivity contribution in [1.82, 2.24) is 0 Å². The van der Waals surface area contributed by atoms with Gasteiger partial charge < -0.3 is 15.2 Å². The fourth-order valence-corrected chi connectivity index (χ4v) is 2.09. The number of benzene rings is 1. The number of carbonyl (C=O) groups is 1. The van der Waals surface area contributed by atoms with Crippen LogP contribution in [0.25, 0.3) is 0 Å². The summed E-state index contributed by atoms with van der Waals surface area (Å²) in [7, 11) is 0. The van der Waals surface area contributed by atoms with Gasteiger partial charge in [0, 0.05) is 13.0 Å². The third-order valence-corrected chi connectivity index (χ3v) is 3.15. The van der Waals surface area contributed by atoms with E-state index >= 15 is 0 Å². The largest absolute Gasteiger partial charge is 0.484 e. The molecule has 4 heteroatoms. The minimum Gasteiger partial charge on any atom is -0.484 e. The van der Waals surface area contributed by atoms with Crippen molar-refractivity contribution in [2.75, 3.05) is 6.54 Å². The van der Waals surface area contributed by atoms with Gasteiger partial charge in [-0.05, 0) is 25.5 Å². The second kappa shape index (κ2) is 4.98. The van der Waals surface area contributed by atoms with E-state index < -0.39 is 5.60 Å². The van der Waals surface area contributed by atoms with Gasteiger partial charge in [-0.25, -0.2) is 0 Å². The number of ether oxygens (including phenoxy) is 2. The van der Waals surface area contributed by atoms with Crippen LogP contribution in [0.5, 0.6) is 5.75 Å². The molecule has 0 spiro atoms. The van der Waals surface area contributed by atoms with Crippen molar-refractivity contribution in [3.8, 4) is 5.75 Å². The predicted octanol–water partition coefficient (Wildman–Crippen LogP) is 1.66. The molecule has 1 heterocycles. The molecule has 0 aliphatic carbocycles. The lowest BCUT2D eigenvalue weighted by Crippen LogP contribution is -2.48. The van der Waals surface area contributed by atoms with Crippen molar-refractivity contribution < 1.29 is 14.3 Å². The van der Waals surface area contributed by atoms with Gasteiger partial charge in [0.2, 0.25) is 0 Å². The van der Waals surface area contributed by atoms with Crippen LogP contribution in [0.2, 0.25) is 0 Å². The summed E-state index contributed by atoms with van der Waals surface area (Å²) in [6, 6.07) is 7.83. The quantitative estimate of drug-likeness (QED) is 0.828. The molecule has 0 amide bonds. The van der Waals surface area contributed by atoms with Crippen LogP contribution in [0.4, 0.5) is 0 Å². The van der Waals surface area contributed by atoms with E-state index in [9.17, 15) is 4.79 Å². The summed E-state index contributed by atoms with van der Waals surface area (Å²) >= 11 is 0. The Labute approximate surface area is 107 Å². The van der Waals surface area contributed by atoms with E-state index in [1.807, 2.05) is 38.1 Å². The Bertz CT molecular complexity index is 442. The highest BCUT2D eigenvalue weighted by Gasteiger charge is 2.39. The van der Waals surface area contributed by atoms with Crippen LogP contribution in [0, 0.1) is 0 Å². The molecule has 1 atom stereocenters. The molecular formula is C14H19NO3. The molecule has 98 valence electrons. The monoisotopic (exact) mass is 249 g/mol. The second-order valence-corrected chi connectivity index (χ2v) is 5.03. The zero-order chi connectivity index (χ0) is 13.2. The Morgan fingerprint density at radius 3 is 2.94 bits per heavy atom. The van der Waals surface area contributed by atoms with Crippen molar-refractivity contribution in [2.45, 2.75) is 38.4 Å². The number of rotatable bonds is 3. The number of nitrogens with two attached hydrogens (primary N) is 1. The van der Waals surface area contributed by atoms with E-state index in [1.54, 1.807) is 0 Å². The highest BCUT2D eigenvalue weighted by Crippen LogP contribution is 2.34. The molecule has 0 saturated carbocycles. The molecule has 2 rings (SSSR count). The first-order valence-corrected chi connectivity index (χ1v) is 6.19. The molecule has 2 N–H and O–H groups in total. The van der Waals surface area contributed by atoms with Gasteiger partial charge in [0.15, 0.2) is 0 Å². The van der Waals surface area contributed by atoms with Crippen molar-refractivity contribution in [3.63, 3.8) is 0 Å². The van der Waals surface area contributed by atoms with Crippen LogP contribution in [0.15, 0.2) is 24.3 Å². The average molecular weight is 249 g/mol. The molecular weight excluding hydrogens is 230 g/mol. The molecule has 18 heavy (non-hydrogen) atoms. The number of carbonyl (C=O) groups excluding carboxylic acids is 1. The summed E-state index contributed by atoms with van der Waals surface area (Å²) in [6.45, 7) is 4.18. The number of esters is 1. The van der Waals surface area contributed by atoms with Gasteiger partial charge in [0.25, 0.3) is 0 Å². The Morgan fingerprint density at radius 2 is 2.22 bits per heavy atom. The maximum Gasteiger partial charge on any atom is 0.307 e. The summed E-state index contributed by atoms with van der Waals surface area (Å²) in [5.41, 5.74) is 5.90. The van der Waals surface area contributed by atoms with Crippen molar-refractivity contribution in [3.05, 3.63) is 29.8 Å². The van der Waals surface area contributed by atoms with Gasteiger partial charge in [-0.3, -0.25) is 4.79 Å². The molecule has 0 radical (unpaired) electrons. The van der Waals surface area contributed by atoms with Crippen LogP contribution < -0.4 is 10.5 Å². The summed E-state index contributed by atoms with van der Waals surface area (Å²) in [5, 5.41) is 0. The van der Waals surface area contributed by atoms with Crippen LogP contribution in [0.1, 0.15) is 25.8 Å². The Morgan fingerprint density at radius 1 is 1.50 bits per heavy atom. The SMILES string of the molecule is CC1(C)Oc2ccccc2CC1OC(=O)CCN. The van der Waals surface area contributed by atoms with Crippen LogP contribution >= 0.6 is 0 Å². The average Bonchev–Trinajstić information content (AvgIpc) is 2.29. The predicted molar refractivity (Wildman–Crippen MR) is 68.4 cm³/mol. The molecule has 1 aliphatic rings. The van der Waals surface area contributed by atoms with Gasteiger partial charge in [0.05, 0.1) is 6.42 Å². The maximum atomic E-state index is 11.6. The standard InChI is InChI=1S/C14H19NO3/c1-14(2)12(17-13(16)7-8-15)9-10-5-3-4-6-11(10)18-14/h3-6,12H,7-9,15H2,1-2H3. The topological polar surface area (TPSA) is 61.5 Å². The molecule has 1 aromatic rings. The van der Waals surface area contributed by atoms with E-state index in [1.165, 1.54) is 0 Å². The fraction of sp³-hybridized carbons (Fsp3) is 0.500. The zero-order valence-corrected chi connectivity index (χ0v) is 10.8. The summed E-state index contributed by atoms with van der Waals surface area (Å²) in [5.74, 6) is 0.604. The second-order valence-electron chi connectivity index (χ2n) is 5.03. The van der Waals surface area contributed by atoms with E-state index in [2.05, 4.69) is 0 Å². The third kappa shape index (κ3) is 2.64. The van der Waals surface area contributed by atoms with E-state index in [0.717, 1.165) is 11.3 Å². The lowest BCUT2D eigenvalue weighted by atomic mass is 9.91. The number of hydrogen-bond donors (Lipinski definition) is 1. The third-order valence-electron chi connectivity index (χ3n) is 3.15. The minimum atomic E-state index is -0.515. The van der Waals surface area contributed by atoms with Crippen LogP contribution in [-0.4, -0.2) is 24.2 Å². The van der Waals surface area contributed by atoms with Gasteiger partial charge in [0.1, 0.15) is 17.5 Å². The summed E-state index contributed by atoms with van der Waals surface area (Å²) in [6.07, 6.45) is 0.653. The van der Waals surface area contributed by atoms with Crippen molar-refractivity contribution in [1.29, 1.82) is 0 Å². The summed E-state index contributed by atoms with van der Waals surface area (Å²) in [4.78, 5) is 11.6. The van der Waals surface area contributed by atoms with Crippen LogP contribution in [-0.2, 0) is 16.0 Å². The first-order chi connectivity index (χ1) is 8.53. The Hall–Kier alpha value is -1.55. The first-order valence-electron chi connectivity index (χ1n) is 6.19. The normalized spacial score (nSPS) is 20.7. The molecule has 1 unspecified atom stereocenters. The van der Waals surface area contributed by atoms with Crippen LogP contribution in [0.3, 0.4) is 0 Å². The lowest BCUT2D eigenvalue weighted by molar-refractivity contribution is -0.160. The molecule has 0 aromatic heterocycles. The van der Waals surface area contributed by atoms with Crippen molar-refractivity contribution in [2.24, 2.45) is 5.73 Å². The van der Waals surface area contributed by atoms with Gasteiger partial charge in [-0.1, -0.05) is 18.2 Å². The molecule has 0 saturated heterocycles. The minimum absolute atomic E-state index is 0.244. The lowest BCUT2D eigenvalue weighted by Gasteiger charge is -2.39. The fourth-order valence-electron chi connectivity index (χ4n) is 2.09. The Kier molecular flexibility index (Phi) is 3.57. The zero-order valence-electron chi connectivity index (χ0n) is 10.8. The van der Waals surface area contributed by atoms with E-state index in [0.29, 0.717) is 13.0 Å². The van der Waals surface area contributed by atoms with Crippen molar-refractivity contribution >= 4 is 5.97 Å². The smallest absolute Gasteiger partial charge is 0.307 e. The van der Waals surface area contributed by atoms with Gasteiger partial charge in [-0.2, -0.15) is 0 Å². The maximum absolute atomic E-state index is 11.6. The number of fused-ring (bicyclic) bond motifs is 1. The van der Waals surface area contributed by atoms with Gasteiger partial charge in [-0.15, -0.1) is 0 Å². The molecule has 0 bridgehead atoms. The van der Waals surface area contributed by atoms with E-state index in [4.69, 9.17) is 15.2 Å². The molecule has 1 aliphatic heterocycles. The highest BCUT2D eigenvalue weighted by molar-refractivity contribution is 5.70. The number of para-hydroxylation sites is 1. The highest BCUT2D eigenvalue weighted by atomic mass is 16.6. The molecule has 1 aromatic carbocycles. The first kappa shape index (κ1) is 12.9.